The summed E-state index contributed by atoms with van der Waals surface area (Å²) in [5, 5.41) is 7.55. The van der Waals surface area contributed by atoms with Gasteiger partial charge >= 0.3 is 5.97 Å². The zero-order valence-electron chi connectivity index (χ0n) is 17.7. The highest BCUT2D eigenvalue weighted by atomic mass is 32.2. The largest absolute Gasteiger partial charge is 0.452 e. The van der Waals surface area contributed by atoms with Crippen molar-refractivity contribution >= 4 is 37.6 Å². The van der Waals surface area contributed by atoms with Crippen LogP contribution in [0.1, 0.15) is 15.9 Å². The number of anilines is 1. The van der Waals surface area contributed by atoms with Gasteiger partial charge in [-0.1, -0.05) is 12.1 Å². The predicted molar refractivity (Wildman–Crippen MR) is 117 cm³/mol. The van der Waals surface area contributed by atoms with E-state index in [-0.39, 0.29) is 34.1 Å². The normalized spacial score (nSPS) is 15.1. The number of sulfonamides is 2. The van der Waals surface area contributed by atoms with Crippen LogP contribution in [0.4, 0.5) is 5.69 Å². The Bertz CT molecular complexity index is 1270. The van der Waals surface area contributed by atoms with Crippen molar-refractivity contribution in [3.8, 4) is 0 Å². The van der Waals surface area contributed by atoms with Crippen molar-refractivity contribution in [1.29, 1.82) is 0 Å². The number of carbonyl (C=O) groups excluding carboxylic acids is 2. The lowest BCUT2D eigenvalue weighted by Crippen LogP contribution is -2.40. The summed E-state index contributed by atoms with van der Waals surface area (Å²) in [6, 6.07) is 9.44. The molecule has 1 saturated heterocycles. The van der Waals surface area contributed by atoms with Crippen LogP contribution >= 0.6 is 0 Å². The van der Waals surface area contributed by atoms with Crippen molar-refractivity contribution in [2.24, 2.45) is 5.14 Å². The van der Waals surface area contributed by atoms with Crippen molar-refractivity contribution < 1.29 is 35.9 Å². The van der Waals surface area contributed by atoms with Crippen molar-refractivity contribution in [2.75, 3.05) is 38.2 Å². The molecule has 0 bridgehead atoms. The molecule has 0 atom stereocenters. The molecule has 0 spiro atoms. The van der Waals surface area contributed by atoms with Gasteiger partial charge in [0.05, 0.1) is 28.6 Å². The van der Waals surface area contributed by atoms with Gasteiger partial charge in [-0.15, -0.1) is 0 Å². The molecule has 1 amide bonds. The lowest BCUT2D eigenvalue weighted by Gasteiger charge is -2.26. The Morgan fingerprint density at radius 1 is 1.06 bits per heavy atom. The summed E-state index contributed by atoms with van der Waals surface area (Å²) in [5.74, 6) is -1.61. The molecule has 1 heterocycles. The van der Waals surface area contributed by atoms with Crippen LogP contribution in [0.2, 0.25) is 0 Å². The fraction of sp³-hybridized carbons (Fsp3) is 0.300. The smallest absolute Gasteiger partial charge is 0.338 e. The van der Waals surface area contributed by atoms with E-state index in [9.17, 15) is 26.4 Å². The number of esters is 1. The van der Waals surface area contributed by atoms with Gasteiger partial charge in [0.2, 0.25) is 20.0 Å². The van der Waals surface area contributed by atoms with E-state index in [1.807, 2.05) is 0 Å². The van der Waals surface area contributed by atoms with E-state index in [0.717, 1.165) is 6.07 Å². The SMILES string of the molecule is Cc1ccc(S(N)(=O)=O)cc1C(=O)OCC(=O)Nc1cccc(S(=O)(=O)N2CCOCC2)c1. The number of primary sulfonamides is 1. The number of nitrogens with two attached hydrogens (primary N) is 1. The highest BCUT2D eigenvalue weighted by molar-refractivity contribution is 7.89. The highest BCUT2D eigenvalue weighted by Gasteiger charge is 2.26. The van der Waals surface area contributed by atoms with Gasteiger partial charge < -0.3 is 14.8 Å². The zero-order valence-corrected chi connectivity index (χ0v) is 19.3. The van der Waals surface area contributed by atoms with Gasteiger partial charge in [0.1, 0.15) is 0 Å². The third-order valence-electron chi connectivity index (χ3n) is 4.82. The molecule has 0 aromatic heterocycles. The van der Waals surface area contributed by atoms with Gasteiger partial charge in [0.15, 0.2) is 6.61 Å². The molecule has 0 saturated carbocycles. The van der Waals surface area contributed by atoms with E-state index in [0.29, 0.717) is 18.8 Å². The molecule has 11 nitrogen and oxygen atoms in total. The fourth-order valence-electron chi connectivity index (χ4n) is 3.07. The minimum absolute atomic E-state index is 0.00892. The number of rotatable bonds is 7. The quantitative estimate of drug-likeness (QED) is 0.521. The highest BCUT2D eigenvalue weighted by Crippen LogP contribution is 2.21. The fourth-order valence-corrected chi connectivity index (χ4v) is 5.07. The molecule has 0 unspecified atom stereocenters. The third kappa shape index (κ3) is 6.15. The van der Waals surface area contributed by atoms with Gasteiger partial charge in [-0.05, 0) is 42.8 Å². The number of nitrogens with zero attached hydrogens (tertiary/aromatic N) is 1. The number of ether oxygens (including phenoxy) is 2. The lowest BCUT2D eigenvalue weighted by molar-refractivity contribution is -0.119. The van der Waals surface area contributed by atoms with Crippen molar-refractivity contribution in [2.45, 2.75) is 16.7 Å². The number of benzene rings is 2. The zero-order chi connectivity index (χ0) is 24.2. The summed E-state index contributed by atoms with van der Waals surface area (Å²) in [6.45, 7) is 1.99. The summed E-state index contributed by atoms with van der Waals surface area (Å²) in [4.78, 5) is 24.3. The molecule has 2 aromatic rings. The molecular weight excluding hydrogens is 474 g/mol. The summed E-state index contributed by atoms with van der Waals surface area (Å²) in [6.07, 6.45) is 0. The van der Waals surface area contributed by atoms with E-state index in [2.05, 4.69) is 5.32 Å². The Kier molecular flexibility index (Phi) is 7.49. The second kappa shape index (κ2) is 9.97. The number of nitrogens with one attached hydrogen (secondary N) is 1. The molecule has 3 N–H and O–H groups in total. The Labute approximate surface area is 191 Å². The second-order valence-corrected chi connectivity index (χ2v) is 10.7. The molecule has 0 radical (unpaired) electrons. The average Bonchev–Trinajstić information content (AvgIpc) is 2.78. The molecule has 178 valence electrons. The molecule has 13 heteroatoms. The Morgan fingerprint density at radius 3 is 2.42 bits per heavy atom. The minimum Gasteiger partial charge on any atom is -0.452 e. The van der Waals surface area contributed by atoms with Crippen LogP contribution in [-0.4, -0.2) is 65.9 Å². The van der Waals surface area contributed by atoms with Gasteiger partial charge in [-0.25, -0.2) is 26.8 Å². The number of hydrogen-bond acceptors (Lipinski definition) is 8. The molecule has 3 rings (SSSR count). The number of carbonyl (C=O) groups is 2. The summed E-state index contributed by atoms with van der Waals surface area (Å²) in [5.41, 5.74) is 0.597. The maximum Gasteiger partial charge on any atom is 0.338 e. The van der Waals surface area contributed by atoms with Crippen molar-refractivity contribution in [3.63, 3.8) is 0 Å². The van der Waals surface area contributed by atoms with Gasteiger partial charge in [-0.2, -0.15) is 4.31 Å². The molecule has 2 aromatic carbocycles. The Hall–Kier alpha value is -2.84. The van der Waals surface area contributed by atoms with Gasteiger partial charge in [0, 0.05) is 18.8 Å². The van der Waals surface area contributed by atoms with Crippen LogP contribution < -0.4 is 10.5 Å². The predicted octanol–water partition coefficient (Wildman–Crippen LogP) is 0.459. The summed E-state index contributed by atoms with van der Waals surface area (Å²) < 4.78 is 60.0. The number of aryl methyl sites for hydroxylation is 1. The van der Waals surface area contributed by atoms with Crippen LogP contribution in [0, 0.1) is 6.92 Å². The van der Waals surface area contributed by atoms with E-state index in [4.69, 9.17) is 14.6 Å². The lowest BCUT2D eigenvalue weighted by atomic mass is 10.1. The van der Waals surface area contributed by atoms with E-state index >= 15 is 0 Å². The summed E-state index contributed by atoms with van der Waals surface area (Å²) in [7, 11) is -7.76. The molecule has 33 heavy (non-hydrogen) atoms. The van der Waals surface area contributed by atoms with Crippen molar-refractivity contribution in [1.82, 2.24) is 4.31 Å². The number of hydrogen-bond donors (Lipinski definition) is 2. The molecule has 1 aliphatic rings. The van der Waals surface area contributed by atoms with Crippen LogP contribution in [0.25, 0.3) is 0 Å². The average molecular weight is 498 g/mol. The molecule has 1 fully saturated rings. The maximum atomic E-state index is 12.8. The molecular formula is C20H23N3O8S2. The summed E-state index contributed by atoms with van der Waals surface area (Å²) >= 11 is 0. The first-order valence-corrected chi connectivity index (χ1v) is 12.8. The third-order valence-corrected chi connectivity index (χ3v) is 7.62. The van der Waals surface area contributed by atoms with E-state index in [1.165, 1.54) is 40.7 Å². The topological polar surface area (TPSA) is 162 Å². The van der Waals surface area contributed by atoms with Crippen LogP contribution in [-0.2, 0) is 34.3 Å². The van der Waals surface area contributed by atoms with E-state index < -0.39 is 38.5 Å². The van der Waals surface area contributed by atoms with Gasteiger partial charge in [0.25, 0.3) is 5.91 Å². The van der Waals surface area contributed by atoms with E-state index in [1.54, 1.807) is 6.92 Å². The van der Waals surface area contributed by atoms with Gasteiger partial charge in [-0.3, -0.25) is 4.79 Å². The van der Waals surface area contributed by atoms with Crippen LogP contribution in [0.5, 0.6) is 0 Å². The standard InChI is InChI=1S/C20H23N3O8S2/c1-14-5-6-16(32(21,26)27)12-18(14)20(25)31-13-19(24)22-15-3-2-4-17(11-15)33(28,29)23-7-9-30-10-8-23/h2-6,11-12H,7-10,13H2,1H3,(H,22,24)(H2,21,26,27). The second-order valence-electron chi connectivity index (χ2n) is 7.19. The first-order valence-electron chi connectivity index (χ1n) is 9.77. The Balaban J connectivity index is 1.65. The van der Waals surface area contributed by atoms with Crippen LogP contribution in [0.15, 0.2) is 52.3 Å². The number of amides is 1. The minimum atomic E-state index is -4.02. The molecule has 1 aliphatic heterocycles. The monoisotopic (exact) mass is 497 g/mol. The first kappa shape index (κ1) is 24.8. The van der Waals surface area contributed by atoms with Crippen LogP contribution in [0.3, 0.4) is 0 Å². The maximum absolute atomic E-state index is 12.8. The first-order chi connectivity index (χ1) is 15.5. The van der Waals surface area contributed by atoms with Crippen molar-refractivity contribution in [3.05, 3.63) is 53.6 Å². The molecule has 0 aliphatic carbocycles. The Morgan fingerprint density at radius 2 is 1.76 bits per heavy atom. The number of morpholine rings is 1.